The maximum Gasteiger partial charge on any atom is 0.256 e. The van der Waals surface area contributed by atoms with Crippen LogP contribution in [0.1, 0.15) is 36.0 Å². The summed E-state index contributed by atoms with van der Waals surface area (Å²) in [4.78, 5) is 14.2. The molecule has 2 heterocycles. The summed E-state index contributed by atoms with van der Waals surface area (Å²) in [5.74, 6) is 0.196. The number of carbonyl (C=O) groups excluding carboxylic acids is 1. The first-order valence-corrected chi connectivity index (χ1v) is 7.05. The van der Waals surface area contributed by atoms with Crippen molar-refractivity contribution in [1.82, 2.24) is 10.2 Å². The summed E-state index contributed by atoms with van der Waals surface area (Å²) in [6, 6.07) is 7.34. The molecule has 0 spiro atoms. The van der Waals surface area contributed by atoms with E-state index in [9.17, 15) is 9.90 Å². The number of nitrogens with one attached hydrogen (secondary N) is 1. The maximum absolute atomic E-state index is 12.5. The van der Waals surface area contributed by atoms with Crippen LogP contribution in [0.3, 0.4) is 0 Å². The second kappa shape index (κ2) is 5.04. The molecule has 0 bridgehead atoms. The molecule has 1 amide bonds. The third-order valence-corrected chi connectivity index (χ3v) is 4.10. The van der Waals surface area contributed by atoms with Crippen molar-refractivity contribution in [2.24, 2.45) is 5.92 Å². The van der Waals surface area contributed by atoms with E-state index in [1.54, 1.807) is 11.0 Å². The van der Waals surface area contributed by atoms with E-state index in [4.69, 9.17) is 0 Å². The van der Waals surface area contributed by atoms with Crippen LogP contribution in [0, 0.1) is 5.92 Å². The average Bonchev–Trinajstić information content (AvgIpc) is 2.94. The molecule has 0 saturated carbocycles. The Morgan fingerprint density at radius 3 is 2.80 bits per heavy atom. The lowest BCUT2D eigenvalue weighted by atomic mass is 9.99. The highest BCUT2D eigenvalue weighted by Gasteiger charge is 2.43. The van der Waals surface area contributed by atoms with Crippen LogP contribution in [0.15, 0.2) is 35.9 Å². The van der Waals surface area contributed by atoms with Crippen LogP contribution in [0.5, 0.6) is 0 Å². The van der Waals surface area contributed by atoms with Crippen molar-refractivity contribution in [3.05, 3.63) is 47.0 Å². The minimum absolute atomic E-state index is 0.0137. The number of carbonyl (C=O) groups is 1. The van der Waals surface area contributed by atoms with Gasteiger partial charge >= 0.3 is 0 Å². The Morgan fingerprint density at radius 1 is 1.35 bits per heavy atom. The average molecular weight is 272 g/mol. The van der Waals surface area contributed by atoms with Crippen LogP contribution < -0.4 is 5.32 Å². The van der Waals surface area contributed by atoms with E-state index < -0.39 is 6.23 Å². The number of nitrogens with zero attached hydrogens (tertiary/aromatic N) is 1. The summed E-state index contributed by atoms with van der Waals surface area (Å²) in [6.45, 7) is 5.70. The molecule has 3 atom stereocenters. The lowest BCUT2D eigenvalue weighted by molar-refractivity contribution is -0.00460. The van der Waals surface area contributed by atoms with Gasteiger partial charge in [-0.1, -0.05) is 29.8 Å². The molecule has 0 radical (unpaired) electrons. The molecule has 1 aromatic carbocycles. The number of aliphatic hydroxyl groups excluding tert-OH is 1. The van der Waals surface area contributed by atoms with Gasteiger partial charge in [-0.15, -0.1) is 0 Å². The van der Waals surface area contributed by atoms with Crippen LogP contribution in [-0.4, -0.2) is 35.0 Å². The normalized spacial score (nSPS) is 28.6. The van der Waals surface area contributed by atoms with Crippen molar-refractivity contribution >= 4 is 5.91 Å². The van der Waals surface area contributed by atoms with Crippen molar-refractivity contribution in [2.75, 3.05) is 13.1 Å². The molecule has 106 valence electrons. The fourth-order valence-electron chi connectivity index (χ4n) is 3.24. The van der Waals surface area contributed by atoms with Crippen molar-refractivity contribution in [2.45, 2.75) is 26.1 Å². The quantitative estimate of drug-likeness (QED) is 0.806. The van der Waals surface area contributed by atoms with E-state index in [2.05, 4.69) is 25.2 Å². The molecular formula is C16H20N2O2. The number of fused-ring (bicyclic) bond motifs is 1. The van der Waals surface area contributed by atoms with E-state index in [-0.39, 0.29) is 17.9 Å². The zero-order valence-corrected chi connectivity index (χ0v) is 11.8. The topological polar surface area (TPSA) is 52.6 Å². The zero-order valence-electron chi connectivity index (χ0n) is 11.8. The Balaban J connectivity index is 1.92. The summed E-state index contributed by atoms with van der Waals surface area (Å²) in [5, 5.41) is 13.8. The van der Waals surface area contributed by atoms with Crippen LogP contribution >= 0.6 is 0 Å². The number of hydrogen-bond acceptors (Lipinski definition) is 3. The first kappa shape index (κ1) is 13.3. The Kier molecular flexibility index (Phi) is 3.36. The van der Waals surface area contributed by atoms with Gasteiger partial charge in [-0.25, -0.2) is 0 Å². The Labute approximate surface area is 119 Å². The summed E-state index contributed by atoms with van der Waals surface area (Å²) < 4.78 is 0. The van der Waals surface area contributed by atoms with Crippen molar-refractivity contribution in [3.8, 4) is 0 Å². The molecule has 3 rings (SSSR count). The molecule has 1 fully saturated rings. The summed E-state index contributed by atoms with van der Waals surface area (Å²) in [6.07, 6.45) is 1.37. The molecule has 4 heteroatoms. The molecular weight excluding hydrogens is 252 g/mol. The molecule has 0 aliphatic carbocycles. The summed E-state index contributed by atoms with van der Waals surface area (Å²) in [7, 11) is 0. The first-order valence-electron chi connectivity index (χ1n) is 7.05. The highest BCUT2D eigenvalue weighted by atomic mass is 16.3. The molecule has 2 aliphatic rings. The number of aliphatic hydroxyl groups is 1. The van der Waals surface area contributed by atoms with E-state index in [1.807, 2.05) is 18.2 Å². The van der Waals surface area contributed by atoms with Gasteiger partial charge in [0.15, 0.2) is 6.23 Å². The third kappa shape index (κ3) is 2.05. The SMILES string of the molecule is CC(C)=C[C@@H]1CNC[C@H]1N1C(=O)c2ccccc2C1O. The summed E-state index contributed by atoms with van der Waals surface area (Å²) in [5.41, 5.74) is 2.59. The van der Waals surface area contributed by atoms with E-state index in [0.29, 0.717) is 5.56 Å². The second-order valence-electron chi connectivity index (χ2n) is 5.81. The van der Waals surface area contributed by atoms with E-state index in [0.717, 1.165) is 18.7 Å². The van der Waals surface area contributed by atoms with Crippen LogP contribution in [0.4, 0.5) is 0 Å². The molecule has 2 N–H and O–H groups in total. The highest BCUT2D eigenvalue weighted by Crippen LogP contribution is 2.36. The van der Waals surface area contributed by atoms with Gasteiger partial charge < -0.3 is 15.3 Å². The van der Waals surface area contributed by atoms with Gasteiger partial charge in [0.2, 0.25) is 0 Å². The van der Waals surface area contributed by atoms with Crippen molar-refractivity contribution < 1.29 is 9.90 Å². The molecule has 1 saturated heterocycles. The zero-order chi connectivity index (χ0) is 14.3. The maximum atomic E-state index is 12.5. The molecule has 2 aliphatic heterocycles. The number of benzene rings is 1. The van der Waals surface area contributed by atoms with E-state index >= 15 is 0 Å². The predicted molar refractivity (Wildman–Crippen MR) is 77.2 cm³/mol. The van der Waals surface area contributed by atoms with Gasteiger partial charge in [-0.05, 0) is 19.9 Å². The van der Waals surface area contributed by atoms with Crippen molar-refractivity contribution in [3.63, 3.8) is 0 Å². The molecule has 0 aromatic heterocycles. The minimum atomic E-state index is -0.823. The number of amides is 1. The fraction of sp³-hybridized carbons (Fsp3) is 0.438. The van der Waals surface area contributed by atoms with Gasteiger partial charge in [0.1, 0.15) is 0 Å². The Morgan fingerprint density at radius 2 is 2.10 bits per heavy atom. The number of rotatable bonds is 2. The number of hydrogen-bond donors (Lipinski definition) is 2. The number of allylic oxidation sites excluding steroid dienone is 1. The predicted octanol–water partition coefficient (Wildman–Crippen LogP) is 1.69. The Bertz CT molecular complexity index is 563. The van der Waals surface area contributed by atoms with Crippen molar-refractivity contribution in [1.29, 1.82) is 0 Å². The van der Waals surface area contributed by atoms with Gasteiger partial charge in [0.25, 0.3) is 5.91 Å². The minimum Gasteiger partial charge on any atom is -0.369 e. The standard InChI is InChI=1S/C16H20N2O2/c1-10(2)7-11-8-17-9-14(11)18-15(19)12-5-3-4-6-13(12)16(18)20/h3-7,11,14-15,17,19H,8-9H2,1-2H3/t11-,14-,15?/m1/s1. The molecule has 1 aromatic rings. The van der Waals surface area contributed by atoms with Crippen LogP contribution in [-0.2, 0) is 0 Å². The second-order valence-corrected chi connectivity index (χ2v) is 5.81. The Hall–Kier alpha value is -1.65. The fourth-order valence-corrected chi connectivity index (χ4v) is 3.24. The largest absolute Gasteiger partial charge is 0.369 e. The highest BCUT2D eigenvalue weighted by molar-refractivity contribution is 5.99. The summed E-state index contributed by atoms with van der Waals surface area (Å²) >= 11 is 0. The lowest BCUT2D eigenvalue weighted by Gasteiger charge is -2.30. The monoisotopic (exact) mass is 272 g/mol. The van der Waals surface area contributed by atoms with Gasteiger partial charge in [0, 0.05) is 30.1 Å². The lowest BCUT2D eigenvalue weighted by Crippen LogP contribution is -2.42. The van der Waals surface area contributed by atoms with Gasteiger partial charge in [-0.2, -0.15) is 0 Å². The molecule has 4 nitrogen and oxygen atoms in total. The van der Waals surface area contributed by atoms with Gasteiger partial charge in [-0.3, -0.25) is 4.79 Å². The smallest absolute Gasteiger partial charge is 0.256 e. The van der Waals surface area contributed by atoms with Crippen LogP contribution in [0.2, 0.25) is 0 Å². The van der Waals surface area contributed by atoms with Crippen LogP contribution in [0.25, 0.3) is 0 Å². The molecule has 1 unspecified atom stereocenters. The van der Waals surface area contributed by atoms with Gasteiger partial charge in [0.05, 0.1) is 6.04 Å². The molecule has 20 heavy (non-hydrogen) atoms. The third-order valence-electron chi connectivity index (χ3n) is 4.10. The first-order chi connectivity index (χ1) is 9.59. The van der Waals surface area contributed by atoms with E-state index in [1.165, 1.54) is 5.57 Å².